The molecule has 2 aliphatic rings. The average Bonchev–Trinajstić information content (AvgIpc) is 3.36. The molecule has 0 aliphatic heterocycles. The maximum Gasteiger partial charge on any atom is 0.339 e. The van der Waals surface area contributed by atoms with E-state index in [0.717, 1.165) is 24.9 Å². The zero-order valence-corrected chi connectivity index (χ0v) is 12.3. The minimum Gasteiger partial charge on any atom is -0.493 e. The minimum absolute atomic E-state index is 0.245. The third-order valence-electron chi connectivity index (χ3n) is 4.22. The Morgan fingerprint density at radius 1 is 1.24 bits per heavy atom. The third-order valence-corrected chi connectivity index (χ3v) is 4.22. The van der Waals surface area contributed by atoms with Gasteiger partial charge in [0.15, 0.2) is 0 Å². The van der Waals surface area contributed by atoms with Crippen LogP contribution in [0.5, 0.6) is 5.75 Å². The molecule has 1 N–H and O–H groups in total. The van der Waals surface area contributed by atoms with Crippen molar-refractivity contribution in [2.45, 2.75) is 38.1 Å². The summed E-state index contributed by atoms with van der Waals surface area (Å²) in [5.74, 6) is 0.475. The highest BCUT2D eigenvalue weighted by molar-refractivity contribution is 5.90. The Kier molecular flexibility index (Phi) is 4.44. The summed E-state index contributed by atoms with van der Waals surface area (Å²) in [6, 6.07) is 7.65. The maximum absolute atomic E-state index is 11.1. The molecule has 21 heavy (non-hydrogen) atoms. The lowest BCUT2D eigenvalue weighted by Gasteiger charge is -2.21. The van der Waals surface area contributed by atoms with E-state index >= 15 is 0 Å². The lowest BCUT2D eigenvalue weighted by atomic mass is 10.2. The molecular formula is C17H23NO3. The van der Waals surface area contributed by atoms with Gasteiger partial charge in [-0.1, -0.05) is 12.1 Å². The number of aromatic carboxylic acids is 1. The van der Waals surface area contributed by atoms with E-state index in [9.17, 15) is 4.79 Å². The molecule has 0 saturated heterocycles. The highest BCUT2D eigenvalue weighted by atomic mass is 16.5. The number of carbonyl (C=O) groups is 1. The second-order valence-electron chi connectivity index (χ2n) is 6.17. The Morgan fingerprint density at radius 2 is 2.00 bits per heavy atom. The van der Waals surface area contributed by atoms with Gasteiger partial charge < -0.3 is 9.84 Å². The fraction of sp³-hybridized carbons (Fsp3) is 0.588. The number of nitrogens with zero attached hydrogens (tertiary/aromatic N) is 1. The largest absolute Gasteiger partial charge is 0.493 e. The molecule has 0 amide bonds. The van der Waals surface area contributed by atoms with E-state index in [2.05, 4.69) is 4.90 Å². The Morgan fingerprint density at radius 3 is 2.67 bits per heavy atom. The normalized spacial score (nSPS) is 18.0. The van der Waals surface area contributed by atoms with E-state index in [1.165, 1.54) is 32.2 Å². The van der Waals surface area contributed by atoms with Crippen molar-refractivity contribution >= 4 is 5.97 Å². The molecule has 0 atom stereocenters. The van der Waals surface area contributed by atoms with Crippen LogP contribution in [-0.2, 0) is 0 Å². The molecule has 0 aromatic heterocycles. The summed E-state index contributed by atoms with van der Waals surface area (Å²) in [6.07, 6.45) is 6.43. The molecule has 0 bridgehead atoms. The molecule has 0 unspecified atom stereocenters. The first kappa shape index (κ1) is 14.4. The number of para-hydroxylation sites is 1. The van der Waals surface area contributed by atoms with Gasteiger partial charge in [0.05, 0.1) is 6.61 Å². The van der Waals surface area contributed by atoms with Gasteiger partial charge in [-0.2, -0.15) is 0 Å². The number of ether oxygens (including phenoxy) is 1. The van der Waals surface area contributed by atoms with Crippen molar-refractivity contribution in [2.75, 3.05) is 19.7 Å². The number of hydrogen-bond acceptors (Lipinski definition) is 3. The molecule has 0 spiro atoms. The van der Waals surface area contributed by atoms with Crippen molar-refractivity contribution in [3.05, 3.63) is 29.8 Å². The van der Waals surface area contributed by atoms with Gasteiger partial charge in [0.2, 0.25) is 0 Å². The molecule has 2 fully saturated rings. The van der Waals surface area contributed by atoms with Crippen LogP contribution in [0.15, 0.2) is 24.3 Å². The predicted molar refractivity (Wildman–Crippen MR) is 80.8 cm³/mol. The summed E-state index contributed by atoms with van der Waals surface area (Å²) in [6.45, 7) is 2.89. The smallest absolute Gasteiger partial charge is 0.339 e. The summed E-state index contributed by atoms with van der Waals surface area (Å²) >= 11 is 0. The van der Waals surface area contributed by atoms with E-state index in [4.69, 9.17) is 9.84 Å². The van der Waals surface area contributed by atoms with Crippen molar-refractivity contribution in [1.29, 1.82) is 0 Å². The fourth-order valence-corrected chi connectivity index (χ4v) is 2.71. The Labute approximate surface area is 125 Å². The van der Waals surface area contributed by atoms with Gasteiger partial charge in [0.1, 0.15) is 11.3 Å². The van der Waals surface area contributed by atoms with Crippen LogP contribution < -0.4 is 4.74 Å². The van der Waals surface area contributed by atoms with Crippen molar-refractivity contribution in [1.82, 2.24) is 4.90 Å². The lowest BCUT2D eigenvalue weighted by molar-refractivity contribution is 0.0692. The average molecular weight is 289 g/mol. The summed E-state index contributed by atoms with van der Waals surface area (Å²) < 4.78 is 5.66. The number of rotatable bonds is 9. The van der Waals surface area contributed by atoms with Crippen LogP contribution in [0.25, 0.3) is 0 Å². The topological polar surface area (TPSA) is 49.8 Å². The van der Waals surface area contributed by atoms with Gasteiger partial charge in [-0.05, 0) is 50.2 Å². The predicted octanol–water partition coefficient (Wildman–Crippen LogP) is 3.03. The lowest BCUT2D eigenvalue weighted by Crippen LogP contribution is -2.30. The molecule has 4 heteroatoms. The van der Waals surface area contributed by atoms with E-state index in [-0.39, 0.29) is 5.56 Å². The van der Waals surface area contributed by atoms with Crippen LogP contribution in [0.4, 0.5) is 0 Å². The summed E-state index contributed by atoms with van der Waals surface area (Å²) in [5, 5.41) is 9.11. The Bertz CT molecular complexity index is 495. The van der Waals surface area contributed by atoms with Crippen molar-refractivity contribution in [3.63, 3.8) is 0 Å². The van der Waals surface area contributed by atoms with Gasteiger partial charge in [-0.25, -0.2) is 4.79 Å². The number of hydrogen-bond donors (Lipinski definition) is 1. The van der Waals surface area contributed by atoms with Gasteiger partial charge in [0, 0.05) is 19.1 Å². The van der Waals surface area contributed by atoms with Crippen LogP contribution >= 0.6 is 0 Å². The van der Waals surface area contributed by atoms with E-state index in [0.29, 0.717) is 12.4 Å². The summed E-state index contributed by atoms with van der Waals surface area (Å²) in [4.78, 5) is 13.7. The van der Waals surface area contributed by atoms with Gasteiger partial charge >= 0.3 is 5.97 Å². The van der Waals surface area contributed by atoms with E-state index < -0.39 is 5.97 Å². The van der Waals surface area contributed by atoms with Gasteiger partial charge in [-0.15, -0.1) is 0 Å². The Hall–Kier alpha value is -1.55. The molecule has 4 nitrogen and oxygen atoms in total. The monoisotopic (exact) mass is 289 g/mol. The number of carboxylic acids is 1. The fourth-order valence-electron chi connectivity index (χ4n) is 2.71. The summed E-state index contributed by atoms with van der Waals surface area (Å²) in [5.41, 5.74) is 0.245. The molecule has 0 heterocycles. The first-order valence-corrected chi connectivity index (χ1v) is 7.93. The van der Waals surface area contributed by atoms with Crippen molar-refractivity contribution in [3.8, 4) is 5.75 Å². The molecule has 114 valence electrons. The SMILES string of the molecule is O=C(O)c1ccccc1OCCCN(CC1CC1)C1CC1. The van der Waals surface area contributed by atoms with Crippen LogP contribution in [-0.4, -0.2) is 41.7 Å². The second kappa shape index (κ2) is 6.48. The standard InChI is InChI=1S/C17H23NO3/c19-17(20)15-4-1-2-5-16(15)21-11-3-10-18(14-8-9-14)12-13-6-7-13/h1-2,4-5,13-14H,3,6-12H2,(H,19,20). The van der Waals surface area contributed by atoms with Crippen LogP contribution in [0.1, 0.15) is 42.5 Å². The van der Waals surface area contributed by atoms with E-state index in [1.54, 1.807) is 18.2 Å². The molecule has 1 aromatic carbocycles. The van der Waals surface area contributed by atoms with Gasteiger partial charge in [0.25, 0.3) is 0 Å². The highest BCUT2D eigenvalue weighted by Gasteiger charge is 2.33. The molecule has 1 aromatic rings. The zero-order valence-electron chi connectivity index (χ0n) is 12.3. The van der Waals surface area contributed by atoms with Crippen molar-refractivity contribution in [2.24, 2.45) is 5.92 Å². The van der Waals surface area contributed by atoms with Crippen molar-refractivity contribution < 1.29 is 14.6 Å². The first-order chi connectivity index (χ1) is 10.2. The molecule has 2 saturated carbocycles. The Balaban J connectivity index is 1.44. The quantitative estimate of drug-likeness (QED) is 0.710. The van der Waals surface area contributed by atoms with E-state index in [1.807, 2.05) is 6.07 Å². The van der Waals surface area contributed by atoms with Crippen LogP contribution in [0, 0.1) is 5.92 Å². The highest BCUT2D eigenvalue weighted by Crippen LogP contribution is 2.34. The van der Waals surface area contributed by atoms with Gasteiger partial charge in [-0.3, -0.25) is 4.90 Å². The third kappa shape index (κ3) is 4.21. The molecular weight excluding hydrogens is 266 g/mol. The summed E-state index contributed by atoms with van der Waals surface area (Å²) in [7, 11) is 0. The zero-order chi connectivity index (χ0) is 14.7. The molecule has 3 rings (SSSR count). The first-order valence-electron chi connectivity index (χ1n) is 7.93. The van der Waals surface area contributed by atoms with Crippen LogP contribution in [0.2, 0.25) is 0 Å². The molecule has 2 aliphatic carbocycles. The number of carboxylic acid groups (broad SMARTS) is 1. The maximum atomic E-state index is 11.1. The van der Waals surface area contributed by atoms with Crippen LogP contribution in [0.3, 0.4) is 0 Å². The second-order valence-corrected chi connectivity index (χ2v) is 6.17. The molecule has 0 radical (unpaired) electrons. The number of benzene rings is 1. The minimum atomic E-state index is -0.932.